The van der Waals surface area contributed by atoms with Gasteiger partial charge in [-0.15, -0.1) is 0 Å². The predicted octanol–water partition coefficient (Wildman–Crippen LogP) is 2.98. The summed E-state index contributed by atoms with van der Waals surface area (Å²) in [7, 11) is 0. The second kappa shape index (κ2) is 8.22. The number of nitrogens with zero attached hydrogens (tertiary/aromatic N) is 1. The summed E-state index contributed by atoms with van der Waals surface area (Å²) in [6.07, 6.45) is 0. The van der Waals surface area contributed by atoms with Crippen LogP contribution < -0.4 is 19.7 Å². The highest BCUT2D eigenvalue weighted by Gasteiger charge is 2.27. The molecule has 3 rings (SSSR count). The third kappa shape index (κ3) is 4.85. The van der Waals surface area contributed by atoms with Gasteiger partial charge in [0.2, 0.25) is 5.91 Å². The molecule has 0 aromatic heterocycles. The fourth-order valence-corrected chi connectivity index (χ4v) is 2.70. The highest BCUT2D eigenvalue weighted by Crippen LogP contribution is 2.34. The zero-order valence-corrected chi connectivity index (χ0v) is 14.7. The minimum Gasteiger partial charge on any atom is -0.482 e. The van der Waals surface area contributed by atoms with Crippen molar-refractivity contribution in [1.29, 1.82) is 0 Å². The molecule has 0 unspecified atom stereocenters. The highest BCUT2D eigenvalue weighted by atomic mass is 35.5. The summed E-state index contributed by atoms with van der Waals surface area (Å²) in [5.74, 6) is -0.230. The van der Waals surface area contributed by atoms with Gasteiger partial charge >= 0.3 is 6.61 Å². The number of nitrogens with one attached hydrogen (secondary N) is 1. The van der Waals surface area contributed by atoms with Gasteiger partial charge in [0.25, 0.3) is 5.91 Å². The van der Waals surface area contributed by atoms with Crippen LogP contribution in [0.25, 0.3) is 0 Å². The fourth-order valence-electron chi connectivity index (χ4n) is 2.54. The molecule has 1 N–H and O–H groups in total. The topological polar surface area (TPSA) is 67.9 Å². The predicted molar refractivity (Wildman–Crippen MR) is 94.2 cm³/mol. The lowest BCUT2D eigenvalue weighted by molar-refractivity contribution is -0.125. The second-order valence-electron chi connectivity index (χ2n) is 5.68. The van der Waals surface area contributed by atoms with Crippen LogP contribution >= 0.6 is 11.6 Å². The van der Waals surface area contributed by atoms with Crippen LogP contribution in [0.5, 0.6) is 11.5 Å². The molecule has 6 nitrogen and oxygen atoms in total. The quantitative estimate of drug-likeness (QED) is 0.815. The van der Waals surface area contributed by atoms with Crippen LogP contribution in [0.4, 0.5) is 14.5 Å². The minimum atomic E-state index is -2.89. The van der Waals surface area contributed by atoms with Gasteiger partial charge in [-0.1, -0.05) is 23.7 Å². The molecule has 0 atom stereocenters. The fraction of sp³-hybridized carbons (Fsp3) is 0.222. The van der Waals surface area contributed by atoms with E-state index in [1.54, 1.807) is 30.3 Å². The zero-order chi connectivity index (χ0) is 19.4. The molecule has 0 saturated carbocycles. The first-order valence-corrected chi connectivity index (χ1v) is 8.33. The van der Waals surface area contributed by atoms with Crippen molar-refractivity contribution in [1.82, 2.24) is 5.32 Å². The van der Waals surface area contributed by atoms with Crippen molar-refractivity contribution in [2.45, 2.75) is 13.2 Å². The summed E-state index contributed by atoms with van der Waals surface area (Å²) < 4.78 is 33.8. The molecule has 1 aliphatic heterocycles. The number of amides is 2. The van der Waals surface area contributed by atoms with Crippen LogP contribution in [-0.2, 0) is 16.1 Å². The largest absolute Gasteiger partial charge is 0.482 e. The number of rotatable bonds is 6. The minimum absolute atomic E-state index is 0.0347. The molecule has 0 fully saturated rings. The molecule has 27 heavy (non-hydrogen) atoms. The number of hydrogen-bond acceptors (Lipinski definition) is 4. The molecular weight excluding hydrogens is 382 g/mol. The third-order valence-electron chi connectivity index (χ3n) is 3.80. The van der Waals surface area contributed by atoms with Crippen LogP contribution in [0.1, 0.15) is 5.56 Å². The van der Waals surface area contributed by atoms with Gasteiger partial charge in [0.05, 0.1) is 5.69 Å². The molecule has 2 amide bonds. The second-order valence-corrected chi connectivity index (χ2v) is 6.12. The summed E-state index contributed by atoms with van der Waals surface area (Å²) in [5.41, 5.74) is 1.13. The number of halogens is 3. The van der Waals surface area contributed by atoms with E-state index in [9.17, 15) is 18.4 Å². The molecule has 1 aliphatic rings. The van der Waals surface area contributed by atoms with E-state index in [0.717, 1.165) is 0 Å². The average molecular weight is 397 g/mol. The van der Waals surface area contributed by atoms with Gasteiger partial charge in [0.15, 0.2) is 6.61 Å². The Morgan fingerprint density at radius 1 is 1.26 bits per heavy atom. The number of ether oxygens (including phenoxy) is 2. The first-order valence-electron chi connectivity index (χ1n) is 7.95. The number of carbonyl (C=O) groups is 2. The Morgan fingerprint density at radius 3 is 2.70 bits per heavy atom. The molecule has 0 saturated heterocycles. The number of hydrogen-bond donors (Lipinski definition) is 1. The maximum atomic E-state index is 12.2. The molecular formula is C18H15ClF2N2O4. The number of fused-ring (bicyclic) bond motifs is 1. The van der Waals surface area contributed by atoms with Crippen molar-refractivity contribution in [2.24, 2.45) is 0 Å². The monoisotopic (exact) mass is 396 g/mol. The molecule has 0 aliphatic carbocycles. The van der Waals surface area contributed by atoms with Gasteiger partial charge in [-0.2, -0.15) is 8.78 Å². The molecule has 2 aromatic rings. The number of carbonyl (C=O) groups excluding carboxylic acids is 2. The molecule has 142 valence electrons. The maximum Gasteiger partial charge on any atom is 0.387 e. The standard InChI is InChI=1S/C18H15ClF2N2O4/c19-12-3-6-15-14(7-12)23(17(25)10-26-15)9-16(24)22-8-11-1-4-13(5-2-11)27-18(20)21/h1-7,18H,8-10H2,(H,22,24). The molecule has 2 aromatic carbocycles. The Morgan fingerprint density at radius 2 is 2.00 bits per heavy atom. The van der Waals surface area contributed by atoms with E-state index in [2.05, 4.69) is 10.1 Å². The highest BCUT2D eigenvalue weighted by molar-refractivity contribution is 6.31. The lowest BCUT2D eigenvalue weighted by Gasteiger charge is -2.29. The summed E-state index contributed by atoms with van der Waals surface area (Å²) in [4.78, 5) is 25.6. The Labute approximate surface area is 158 Å². The normalized spacial score (nSPS) is 13.2. The summed E-state index contributed by atoms with van der Waals surface area (Å²) in [5, 5.41) is 3.10. The summed E-state index contributed by atoms with van der Waals surface area (Å²) in [6.45, 7) is -3.07. The van der Waals surface area contributed by atoms with Crippen molar-refractivity contribution < 1.29 is 27.8 Å². The smallest absolute Gasteiger partial charge is 0.387 e. The van der Waals surface area contributed by atoms with Crippen LogP contribution in [0.15, 0.2) is 42.5 Å². The van der Waals surface area contributed by atoms with E-state index >= 15 is 0 Å². The molecule has 0 spiro atoms. The van der Waals surface area contributed by atoms with Crippen LogP contribution in [0.3, 0.4) is 0 Å². The Hall–Kier alpha value is -2.87. The molecule has 9 heteroatoms. The van der Waals surface area contributed by atoms with Crippen LogP contribution in [0.2, 0.25) is 5.02 Å². The van der Waals surface area contributed by atoms with Crippen molar-refractivity contribution in [3.05, 3.63) is 53.1 Å². The first-order chi connectivity index (χ1) is 12.9. The van der Waals surface area contributed by atoms with Gasteiger partial charge in [-0.3, -0.25) is 14.5 Å². The van der Waals surface area contributed by atoms with E-state index in [4.69, 9.17) is 16.3 Å². The number of alkyl halides is 2. The van der Waals surface area contributed by atoms with Gasteiger partial charge in [0, 0.05) is 11.6 Å². The lowest BCUT2D eigenvalue weighted by Crippen LogP contribution is -2.45. The van der Waals surface area contributed by atoms with Crippen molar-refractivity contribution in [3.8, 4) is 11.5 Å². The lowest BCUT2D eigenvalue weighted by atomic mass is 10.2. The summed E-state index contributed by atoms with van der Waals surface area (Å²) >= 11 is 5.96. The van der Waals surface area contributed by atoms with E-state index in [-0.39, 0.29) is 37.3 Å². The van der Waals surface area contributed by atoms with E-state index < -0.39 is 6.61 Å². The Kier molecular flexibility index (Phi) is 5.75. The number of anilines is 1. The number of benzene rings is 2. The molecule has 1 heterocycles. The summed E-state index contributed by atoms with van der Waals surface area (Å²) in [6, 6.07) is 10.7. The van der Waals surface area contributed by atoms with Crippen LogP contribution in [-0.4, -0.2) is 31.6 Å². The van der Waals surface area contributed by atoms with Gasteiger partial charge in [-0.25, -0.2) is 0 Å². The zero-order valence-electron chi connectivity index (χ0n) is 14.0. The van der Waals surface area contributed by atoms with E-state index in [0.29, 0.717) is 22.0 Å². The van der Waals surface area contributed by atoms with Gasteiger partial charge in [0.1, 0.15) is 18.0 Å². The van der Waals surface area contributed by atoms with Crippen molar-refractivity contribution in [2.75, 3.05) is 18.1 Å². The Balaban J connectivity index is 1.60. The third-order valence-corrected chi connectivity index (χ3v) is 4.04. The van der Waals surface area contributed by atoms with Gasteiger partial charge in [-0.05, 0) is 35.9 Å². The Bertz CT molecular complexity index is 846. The average Bonchev–Trinajstić information content (AvgIpc) is 2.63. The van der Waals surface area contributed by atoms with E-state index in [1.165, 1.54) is 17.0 Å². The molecule has 0 radical (unpaired) electrons. The molecule has 0 bridgehead atoms. The SMILES string of the molecule is O=C(CN1C(=O)COc2ccc(Cl)cc21)NCc1ccc(OC(F)F)cc1. The van der Waals surface area contributed by atoms with Crippen molar-refractivity contribution >= 4 is 29.1 Å². The van der Waals surface area contributed by atoms with Crippen molar-refractivity contribution in [3.63, 3.8) is 0 Å². The van der Waals surface area contributed by atoms with Gasteiger partial charge < -0.3 is 14.8 Å². The van der Waals surface area contributed by atoms with Crippen LogP contribution in [0, 0.1) is 0 Å². The maximum absolute atomic E-state index is 12.2. The first kappa shape index (κ1) is 18.9. The van der Waals surface area contributed by atoms with E-state index in [1.807, 2.05) is 0 Å².